The highest BCUT2D eigenvalue weighted by molar-refractivity contribution is 5.42. The van der Waals surface area contributed by atoms with Crippen molar-refractivity contribution < 1.29 is 4.39 Å². The zero-order valence-electron chi connectivity index (χ0n) is 11.7. The standard InChI is InChI=1S/C14H23FN4/c1-3-10-7-5-6-8-12(10)18-13-11(15)9-17-14(19-13)16-4-2/h9-10,12H,3-8H2,1-2H3,(H2,16,17,18,19). The van der Waals surface area contributed by atoms with Gasteiger partial charge in [0.15, 0.2) is 11.6 Å². The Morgan fingerprint density at radius 2 is 2.11 bits per heavy atom. The molecule has 2 atom stereocenters. The van der Waals surface area contributed by atoms with Crippen molar-refractivity contribution in [1.82, 2.24) is 9.97 Å². The molecule has 0 aromatic carbocycles. The predicted octanol–water partition coefficient (Wildman–Crippen LogP) is 3.43. The first-order valence-corrected chi connectivity index (χ1v) is 7.27. The van der Waals surface area contributed by atoms with Crippen LogP contribution in [0.25, 0.3) is 0 Å². The molecule has 1 aliphatic carbocycles. The van der Waals surface area contributed by atoms with Gasteiger partial charge in [-0.15, -0.1) is 0 Å². The number of rotatable bonds is 5. The number of hydrogen-bond donors (Lipinski definition) is 2. The Balaban J connectivity index is 2.10. The van der Waals surface area contributed by atoms with Crippen LogP contribution in [0.3, 0.4) is 0 Å². The van der Waals surface area contributed by atoms with Gasteiger partial charge in [0.25, 0.3) is 0 Å². The van der Waals surface area contributed by atoms with Gasteiger partial charge in [0.05, 0.1) is 6.20 Å². The van der Waals surface area contributed by atoms with Crippen LogP contribution in [-0.2, 0) is 0 Å². The van der Waals surface area contributed by atoms with Gasteiger partial charge in [-0.25, -0.2) is 9.37 Å². The second-order valence-electron chi connectivity index (χ2n) is 5.12. The van der Waals surface area contributed by atoms with Gasteiger partial charge in [0, 0.05) is 12.6 Å². The molecule has 2 N–H and O–H groups in total. The van der Waals surface area contributed by atoms with Gasteiger partial charge in [-0.2, -0.15) is 4.98 Å². The summed E-state index contributed by atoms with van der Waals surface area (Å²) in [6.07, 6.45) is 7.17. The highest BCUT2D eigenvalue weighted by Gasteiger charge is 2.24. The molecule has 106 valence electrons. The first-order valence-electron chi connectivity index (χ1n) is 7.27. The summed E-state index contributed by atoms with van der Waals surface area (Å²) >= 11 is 0. The SMILES string of the molecule is CCNc1ncc(F)c(NC2CCCCC2CC)n1. The van der Waals surface area contributed by atoms with E-state index in [1.807, 2.05) is 6.92 Å². The van der Waals surface area contributed by atoms with Crippen molar-refractivity contribution in [2.45, 2.75) is 52.0 Å². The van der Waals surface area contributed by atoms with Gasteiger partial charge in [-0.3, -0.25) is 0 Å². The van der Waals surface area contributed by atoms with Crippen molar-refractivity contribution in [2.24, 2.45) is 5.92 Å². The van der Waals surface area contributed by atoms with E-state index in [1.54, 1.807) is 0 Å². The van der Waals surface area contributed by atoms with E-state index in [2.05, 4.69) is 27.5 Å². The number of halogens is 1. The van der Waals surface area contributed by atoms with Crippen LogP contribution in [-0.4, -0.2) is 22.6 Å². The monoisotopic (exact) mass is 266 g/mol. The lowest BCUT2D eigenvalue weighted by atomic mass is 9.83. The maximum atomic E-state index is 13.8. The normalized spacial score (nSPS) is 23.1. The average molecular weight is 266 g/mol. The molecule has 1 heterocycles. The first kappa shape index (κ1) is 14.0. The van der Waals surface area contributed by atoms with E-state index in [-0.39, 0.29) is 5.82 Å². The average Bonchev–Trinajstić information content (AvgIpc) is 2.43. The molecule has 0 bridgehead atoms. The number of anilines is 2. The van der Waals surface area contributed by atoms with Crippen molar-refractivity contribution in [3.8, 4) is 0 Å². The second-order valence-corrected chi connectivity index (χ2v) is 5.12. The van der Waals surface area contributed by atoms with Gasteiger partial charge in [0.2, 0.25) is 5.95 Å². The van der Waals surface area contributed by atoms with Crippen LogP contribution in [0, 0.1) is 11.7 Å². The third kappa shape index (κ3) is 3.55. The summed E-state index contributed by atoms with van der Waals surface area (Å²) in [7, 11) is 0. The van der Waals surface area contributed by atoms with E-state index in [1.165, 1.54) is 25.5 Å². The highest BCUT2D eigenvalue weighted by atomic mass is 19.1. The zero-order valence-corrected chi connectivity index (χ0v) is 11.7. The molecule has 1 fully saturated rings. The fraction of sp³-hybridized carbons (Fsp3) is 0.714. The molecule has 1 aromatic rings. The molecular formula is C14H23FN4. The van der Waals surface area contributed by atoms with Gasteiger partial charge in [0.1, 0.15) is 0 Å². The van der Waals surface area contributed by atoms with Gasteiger partial charge in [-0.05, 0) is 25.7 Å². The van der Waals surface area contributed by atoms with Crippen molar-refractivity contribution in [3.05, 3.63) is 12.0 Å². The summed E-state index contributed by atoms with van der Waals surface area (Å²) in [6, 6.07) is 0.331. The lowest BCUT2D eigenvalue weighted by Gasteiger charge is -2.32. The molecule has 0 amide bonds. The Labute approximate surface area is 114 Å². The zero-order chi connectivity index (χ0) is 13.7. The van der Waals surface area contributed by atoms with Gasteiger partial charge >= 0.3 is 0 Å². The molecule has 0 radical (unpaired) electrons. The summed E-state index contributed by atoms with van der Waals surface area (Å²) in [5.74, 6) is 1.05. The van der Waals surface area contributed by atoms with Crippen molar-refractivity contribution in [2.75, 3.05) is 17.2 Å². The molecule has 1 aliphatic rings. The van der Waals surface area contributed by atoms with Crippen LogP contribution >= 0.6 is 0 Å². The van der Waals surface area contributed by atoms with Crippen LogP contribution in [0.1, 0.15) is 46.0 Å². The minimum atomic E-state index is -0.373. The molecular weight excluding hydrogens is 243 g/mol. The van der Waals surface area contributed by atoms with Crippen LogP contribution in [0.4, 0.5) is 16.2 Å². The van der Waals surface area contributed by atoms with E-state index in [4.69, 9.17) is 0 Å². The minimum Gasteiger partial charge on any atom is -0.364 e. The van der Waals surface area contributed by atoms with Gasteiger partial charge in [-0.1, -0.05) is 26.2 Å². The summed E-state index contributed by atoms with van der Waals surface area (Å²) in [4.78, 5) is 8.14. The number of hydrogen-bond acceptors (Lipinski definition) is 4. The molecule has 5 heteroatoms. The summed E-state index contributed by atoms with van der Waals surface area (Å²) in [6.45, 7) is 4.89. The van der Waals surface area contributed by atoms with E-state index in [0.717, 1.165) is 19.4 Å². The fourth-order valence-electron chi connectivity index (χ4n) is 2.77. The van der Waals surface area contributed by atoms with E-state index in [9.17, 15) is 4.39 Å². The second kappa shape index (κ2) is 6.68. The maximum absolute atomic E-state index is 13.8. The van der Waals surface area contributed by atoms with E-state index < -0.39 is 0 Å². The highest BCUT2D eigenvalue weighted by Crippen LogP contribution is 2.29. The van der Waals surface area contributed by atoms with E-state index in [0.29, 0.717) is 23.7 Å². The molecule has 0 spiro atoms. The summed E-state index contributed by atoms with van der Waals surface area (Å²) in [5.41, 5.74) is 0. The predicted molar refractivity (Wildman–Crippen MR) is 75.8 cm³/mol. The van der Waals surface area contributed by atoms with Crippen molar-refractivity contribution in [3.63, 3.8) is 0 Å². The lowest BCUT2D eigenvalue weighted by Crippen LogP contribution is -2.32. The lowest BCUT2D eigenvalue weighted by molar-refractivity contribution is 0.316. The van der Waals surface area contributed by atoms with E-state index >= 15 is 0 Å². The maximum Gasteiger partial charge on any atom is 0.224 e. The molecule has 1 saturated carbocycles. The Kier molecular flexibility index (Phi) is 4.93. The molecule has 0 aliphatic heterocycles. The Morgan fingerprint density at radius 3 is 2.84 bits per heavy atom. The summed E-state index contributed by atoms with van der Waals surface area (Å²) in [5, 5.41) is 6.29. The largest absolute Gasteiger partial charge is 0.364 e. The van der Waals surface area contributed by atoms with Crippen LogP contribution in [0.5, 0.6) is 0 Å². The topological polar surface area (TPSA) is 49.8 Å². The summed E-state index contributed by atoms with van der Waals surface area (Å²) < 4.78 is 13.8. The number of aromatic nitrogens is 2. The van der Waals surface area contributed by atoms with Crippen molar-refractivity contribution >= 4 is 11.8 Å². The molecule has 2 unspecified atom stereocenters. The van der Waals surface area contributed by atoms with Crippen molar-refractivity contribution in [1.29, 1.82) is 0 Å². The molecule has 1 aromatic heterocycles. The number of nitrogens with zero attached hydrogens (tertiary/aromatic N) is 2. The molecule has 19 heavy (non-hydrogen) atoms. The third-order valence-electron chi connectivity index (χ3n) is 3.83. The van der Waals surface area contributed by atoms with Crippen LogP contribution in [0.2, 0.25) is 0 Å². The molecule has 2 rings (SSSR count). The minimum absolute atomic E-state index is 0.330. The number of nitrogens with one attached hydrogen (secondary N) is 2. The Bertz CT molecular complexity index is 410. The Morgan fingerprint density at radius 1 is 1.32 bits per heavy atom. The first-order chi connectivity index (χ1) is 9.24. The molecule has 4 nitrogen and oxygen atoms in total. The van der Waals surface area contributed by atoms with Gasteiger partial charge < -0.3 is 10.6 Å². The Hall–Kier alpha value is -1.39. The fourth-order valence-corrected chi connectivity index (χ4v) is 2.77. The smallest absolute Gasteiger partial charge is 0.224 e. The van der Waals surface area contributed by atoms with Crippen LogP contribution in [0.15, 0.2) is 6.20 Å². The molecule has 0 saturated heterocycles. The third-order valence-corrected chi connectivity index (χ3v) is 3.83. The van der Waals surface area contributed by atoms with Crippen LogP contribution < -0.4 is 10.6 Å². The quantitative estimate of drug-likeness (QED) is 0.857.